The highest BCUT2D eigenvalue weighted by Crippen LogP contribution is 2.36. The smallest absolute Gasteiger partial charge is 0.267 e. The molecule has 5 rings (SSSR count). The fourth-order valence-corrected chi connectivity index (χ4v) is 3.56. The van der Waals surface area contributed by atoms with Crippen LogP contribution in [0.3, 0.4) is 0 Å². The largest absolute Gasteiger partial charge is 0.274 e. The van der Waals surface area contributed by atoms with Crippen LogP contribution in [0.1, 0.15) is 0 Å². The second-order valence-corrected chi connectivity index (χ2v) is 6.01. The van der Waals surface area contributed by atoms with E-state index in [1.807, 2.05) is 24.3 Å². The summed E-state index contributed by atoms with van der Waals surface area (Å²) < 4.78 is 2.69. The van der Waals surface area contributed by atoms with E-state index in [2.05, 4.69) is 10.2 Å². The summed E-state index contributed by atoms with van der Waals surface area (Å²) >= 11 is 0. The average molecular weight is 316 g/mol. The minimum Gasteiger partial charge on any atom is -0.267 e. The molecule has 5 aromatic rings. The summed E-state index contributed by atoms with van der Waals surface area (Å²) in [5.74, 6) is 0. The number of nitrogens with zero attached hydrogens (tertiary/aromatic N) is 4. The molecular formula is C18H12N4O2. The van der Waals surface area contributed by atoms with Crippen LogP contribution in [0.15, 0.2) is 46.0 Å². The molecule has 0 aliphatic rings. The highest BCUT2D eigenvalue weighted by Gasteiger charge is 2.19. The number of fused-ring (bicyclic) bond motifs is 3. The minimum absolute atomic E-state index is 0.179. The first-order chi connectivity index (χ1) is 11.6. The van der Waals surface area contributed by atoms with E-state index in [0.29, 0.717) is 10.8 Å². The summed E-state index contributed by atoms with van der Waals surface area (Å²) in [4.78, 5) is 25.0. The van der Waals surface area contributed by atoms with Gasteiger partial charge in [0.2, 0.25) is 0 Å². The number of hydrogen-bond donors (Lipinski definition) is 0. The normalized spacial score (nSPS) is 12.1. The topological polar surface area (TPSA) is 69.8 Å². The number of aryl methyl sites for hydroxylation is 2. The lowest BCUT2D eigenvalue weighted by Crippen LogP contribution is -2.23. The first kappa shape index (κ1) is 13.2. The van der Waals surface area contributed by atoms with Crippen LogP contribution in [0.4, 0.5) is 0 Å². The molecule has 116 valence electrons. The summed E-state index contributed by atoms with van der Waals surface area (Å²) in [6.45, 7) is 0. The van der Waals surface area contributed by atoms with Gasteiger partial charge in [0, 0.05) is 35.6 Å². The molecular weight excluding hydrogens is 304 g/mol. The van der Waals surface area contributed by atoms with Crippen molar-refractivity contribution >= 4 is 43.4 Å². The van der Waals surface area contributed by atoms with Crippen LogP contribution in [0.25, 0.3) is 43.4 Å². The zero-order valence-corrected chi connectivity index (χ0v) is 13.1. The van der Waals surface area contributed by atoms with E-state index in [4.69, 9.17) is 0 Å². The van der Waals surface area contributed by atoms with E-state index in [-0.39, 0.29) is 11.1 Å². The summed E-state index contributed by atoms with van der Waals surface area (Å²) in [5.41, 5.74) is 1.08. The lowest BCUT2D eigenvalue weighted by molar-refractivity contribution is 0.731. The molecule has 6 nitrogen and oxygen atoms in total. The molecule has 0 aliphatic carbocycles. The Hall–Kier alpha value is -3.28. The standard InChI is InChI=1S/C18H12N4O2/c1-21-17(23)11-7-8-12-14-13(11)15(19-21)9-5-3-4-6-10(9)16(14)20-22(2)18(12)24/h3-8H,1-2H3. The maximum Gasteiger partial charge on any atom is 0.274 e. The van der Waals surface area contributed by atoms with Gasteiger partial charge in [0.05, 0.1) is 10.8 Å². The van der Waals surface area contributed by atoms with Crippen molar-refractivity contribution in [3.8, 4) is 0 Å². The third-order valence-electron chi connectivity index (χ3n) is 4.66. The van der Waals surface area contributed by atoms with Gasteiger partial charge in [-0.05, 0) is 12.1 Å². The molecule has 2 aromatic heterocycles. The Balaban J connectivity index is 2.34. The maximum atomic E-state index is 12.5. The molecule has 0 bridgehead atoms. The molecule has 3 aromatic carbocycles. The van der Waals surface area contributed by atoms with Crippen LogP contribution in [-0.4, -0.2) is 19.6 Å². The Morgan fingerprint density at radius 3 is 1.50 bits per heavy atom. The molecule has 6 heteroatoms. The SMILES string of the molecule is Cn1nc2c3ccccc3c3nn(C)c(=O)c4ccc(c1=O)c2c43. The zero-order valence-electron chi connectivity index (χ0n) is 13.1. The van der Waals surface area contributed by atoms with E-state index in [9.17, 15) is 9.59 Å². The van der Waals surface area contributed by atoms with E-state index in [1.165, 1.54) is 9.36 Å². The molecule has 0 saturated carbocycles. The van der Waals surface area contributed by atoms with Crippen LogP contribution in [0.2, 0.25) is 0 Å². The van der Waals surface area contributed by atoms with Crippen molar-refractivity contribution in [2.45, 2.75) is 0 Å². The molecule has 0 aliphatic heterocycles. The second kappa shape index (κ2) is 4.17. The quantitative estimate of drug-likeness (QED) is 0.323. The van der Waals surface area contributed by atoms with Crippen molar-refractivity contribution in [3.63, 3.8) is 0 Å². The van der Waals surface area contributed by atoms with Crippen LogP contribution in [-0.2, 0) is 14.1 Å². The third-order valence-corrected chi connectivity index (χ3v) is 4.66. The summed E-state index contributed by atoms with van der Waals surface area (Å²) in [5, 5.41) is 13.3. The number of rotatable bonds is 0. The molecule has 24 heavy (non-hydrogen) atoms. The fraction of sp³-hybridized carbons (Fsp3) is 0.111. The van der Waals surface area contributed by atoms with Gasteiger partial charge < -0.3 is 0 Å². The first-order valence-corrected chi connectivity index (χ1v) is 7.59. The van der Waals surface area contributed by atoms with Gasteiger partial charge in [0.25, 0.3) is 11.1 Å². The first-order valence-electron chi connectivity index (χ1n) is 7.59. The van der Waals surface area contributed by atoms with Crippen molar-refractivity contribution in [1.29, 1.82) is 0 Å². The molecule has 2 heterocycles. The van der Waals surface area contributed by atoms with E-state index < -0.39 is 0 Å². The predicted octanol–water partition coefficient (Wildman–Crippen LogP) is 1.92. The molecule has 0 unspecified atom stereocenters. The monoisotopic (exact) mass is 316 g/mol. The Morgan fingerprint density at radius 1 is 0.667 bits per heavy atom. The van der Waals surface area contributed by atoms with Crippen molar-refractivity contribution < 1.29 is 0 Å². The Bertz CT molecular complexity index is 1300. The summed E-state index contributed by atoms with van der Waals surface area (Å²) in [7, 11) is 3.28. The van der Waals surface area contributed by atoms with E-state index in [0.717, 1.165) is 32.6 Å². The maximum absolute atomic E-state index is 12.5. The van der Waals surface area contributed by atoms with Gasteiger partial charge in [-0.2, -0.15) is 10.2 Å². The molecule has 0 atom stereocenters. The summed E-state index contributed by atoms with van der Waals surface area (Å²) in [6, 6.07) is 11.2. The number of hydrogen-bond acceptors (Lipinski definition) is 4. The van der Waals surface area contributed by atoms with Crippen molar-refractivity contribution in [2.75, 3.05) is 0 Å². The Labute approximate surface area is 134 Å². The van der Waals surface area contributed by atoms with Gasteiger partial charge in [-0.1, -0.05) is 24.3 Å². The van der Waals surface area contributed by atoms with Crippen molar-refractivity contribution in [1.82, 2.24) is 19.6 Å². The van der Waals surface area contributed by atoms with Crippen LogP contribution >= 0.6 is 0 Å². The fourth-order valence-electron chi connectivity index (χ4n) is 3.56. The number of aromatic nitrogens is 4. The van der Waals surface area contributed by atoms with Crippen molar-refractivity contribution in [2.24, 2.45) is 14.1 Å². The summed E-state index contributed by atoms with van der Waals surface area (Å²) in [6.07, 6.45) is 0. The average Bonchev–Trinajstić information content (AvgIpc) is 2.60. The minimum atomic E-state index is -0.179. The molecule has 0 amide bonds. The molecule has 0 fully saturated rings. The second-order valence-electron chi connectivity index (χ2n) is 6.01. The van der Waals surface area contributed by atoms with Crippen LogP contribution in [0.5, 0.6) is 0 Å². The number of benzene rings is 3. The lowest BCUT2D eigenvalue weighted by atomic mass is 9.96. The molecule has 0 spiro atoms. The predicted molar refractivity (Wildman–Crippen MR) is 93.7 cm³/mol. The van der Waals surface area contributed by atoms with Gasteiger partial charge in [-0.25, -0.2) is 9.36 Å². The van der Waals surface area contributed by atoms with E-state index >= 15 is 0 Å². The van der Waals surface area contributed by atoms with Gasteiger partial charge in [-0.3, -0.25) is 9.59 Å². The van der Waals surface area contributed by atoms with E-state index in [1.54, 1.807) is 26.2 Å². The Kier molecular flexibility index (Phi) is 2.29. The van der Waals surface area contributed by atoms with Gasteiger partial charge in [0.15, 0.2) is 0 Å². The van der Waals surface area contributed by atoms with Crippen LogP contribution in [0, 0.1) is 0 Å². The highest BCUT2D eigenvalue weighted by molar-refractivity contribution is 6.31. The van der Waals surface area contributed by atoms with Gasteiger partial charge >= 0.3 is 0 Å². The lowest BCUT2D eigenvalue weighted by Gasteiger charge is -2.14. The Morgan fingerprint density at radius 2 is 1.08 bits per heavy atom. The van der Waals surface area contributed by atoms with Crippen molar-refractivity contribution in [3.05, 3.63) is 57.1 Å². The molecule has 0 saturated heterocycles. The van der Waals surface area contributed by atoms with Crippen LogP contribution < -0.4 is 11.1 Å². The molecule has 0 N–H and O–H groups in total. The zero-order chi connectivity index (χ0) is 16.6. The van der Waals surface area contributed by atoms with Gasteiger partial charge in [-0.15, -0.1) is 0 Å². The van der Waals surface area contributed by atoms with Gasteiger partial charge in [0.1, 0.15) is 11.0 Å². The third kappa shape index (κ3) is 1.40. The highest BCUT2D eigenvalue weighted by atomic mass is 16.1. The molecule has 0 radical (unpaired) electrons.